The first-order valence-corrected chi connectivity index (χ1v) is 12.0. The summed E-state index contributed by atoms with van der Waals surface area (Å²) in [7, 11) is 3.97. The zero-order chi connectivity index (χ0) is 24.6. The first-order valence-electron chi connectivity index (χ1n) is 10.9. The van der Waals surface area contributed by atoms with Crippen molar-refractivity contribution in [1.82, 2.24) is 4.90 Å². The van der Waals surface area contributed by atoms with Crippen LogP contribution in [0, 0.1) is 0 Å². The molecule has 1 fully saturated rings. The van der Waals surface area contributed by atoms with Crippen molar-refractivity contribution in [1.29, 1.82) is 0 Å². The Morgan fingerprint density at radius 2 is 1.76 bits per heavy atom. The summed E-state index contributed by atoms with van der Waals surface area (Å²) < 4.78 is 0. The molecule has 2 aromatic rings. The van der Waals surface area contributed by atoms with Gasteiger partial charge in [-0.3, -0.25) is 14.4 Å². The van der Waals surface area contributed by atoms with E-state index < -0.39 is 11.8 Å². The minimum Gasteiger partial charge on any atom is -0.350 e. The molecule has 0 aromatic heterocycles. The number of imide groups is 1. The molecule has 3 amide bonds. The van der Waals surface area contributed by atoms with Crippen molar-refractivity contribution < 1.29 is 19.3 Å². The average Bonchev–Trinajstić information content (AvgIpc) is 3.03. The molecule has 0 saturated carbocycles. The quantitative estimate of drug-likeness (QED) is 0.592. The Morgan fingerprint density at radius 1 is 1.06 bits per heavy atom. The zero-order valence-electron chi connectivity index (χ0n) is 18.7. The summed E-state index contributed by atoms with van der Waals surface area (Å²) in [6, 6.07) is 11.4. The lowest BCUT2D eigenvalue weighted by atomic mass is 10.0. The van der Waals surface area contributed by atoms with Crippen LogP contribution in [-0.2, 0) is 9.59 Å². The van der Waals surface area contributed by atoms with Crippen LogP contribution in [0.3, 0.4) is 0 Å². The molecule has 0 aliphatic carbocycles. The number of rotatable bonds is 5. The predicted octanol–water partition coefficient (Wildman–Crippen LogP) is 3.18. The number of benzene rings is 2. The fourth-order valence-electron chi connectivity index (χ4n) is 4.21. The van der Waals surface area contributed by atoms with Gasteiger partial charge in [-0.1, -0.05) is 40.9 Å². The van der Waals surface area contributed by atoms with Crippen LogP contribution in [0.1, 0.15) is 23.2 Å². The Balaban J connectivity index is 1.53. The fraction of sp³-hybridized carbons (Fsp3) is 0.292. The number of halogens is 3. The highest BCUT2D eigenvalue weighted by molar-refractivity contribution is 6.54. The molecule has 0 radical (unpaired) electrons. The molecule has 0 spiro atoms. The third kappa shape index (κ3) is 4.79. The van der Waals surface area contributed by atoms with Gasteiger partial charge in [-0.15, -0.1) is 0 Å². The maximum Gasteiger partial charge on any atom is 0.283 e. The summed E-state index contributed by atoms with van der Waals surface area (Å²) >= 11 is 18.4. The topological polar surface area (TPSA) is 74.2 Å². The normalized spacial score (nSPS) is 20.7. The van der Waals surface area contributed by atoms with Crippen molar-refractivity contribution in [3.63, 3.8) is 0 Å². The van der Waals surface area contributed by atoms with E-state index in [1.54, 1.807) is 35.2 Å². The van der Waals surface area contributed by atoms with Gasteiger partial charge in [0.05, 0.1) is 30.8 Å². The standard InChI is InChI=1S/C24H23Cl3N4O3/c1-29-10-8-17(9-11-29)30(2)22(32)14-4-3-5-16(12-14)28-21-20(27)23(33)31(24(21)34)19-13-15(25)6-7-18(19)26/h3-7,12-13,17,28H,8-11H2,1-2H3/p+1. The van der Waals surface area contributed by atoms with E-state index in [9.17, 15) is 14.4 Å². The van der Waals surface area contributed by atoms with E-state index in [2.05, 4.69) is 12.4 Å². The van der Waals surface area contributed by atoms with E-state index in [4.69, 9.17) is 34.8 Å². The van der Waals surface area contributed by atoms with Gasteiger partial charge in [-0.25, -0.2) is 4.90 Å². The molecule has 7 nitrogen and oxygen atoms in total. The summed E-state index contributed by atoms with van der Waals surface area (Å²) in [5.74, 6) is -1.48. The highest BCUT2D eigenvalue weighted by Gasteiger charge is 2.40. The van der Waals surface area contributed by atoms with Gasteiger partial charge >= 0.3 is 0 Å². The number of quaternary nitrogens is 1. The van der Waals surface area contributed by atoms with Gasteiger partial charge in [0.1, 0.15) is 10.7 Å². The molecule has 1 saturated heterocycles. The Hall–Kier alpha value is -2.58. The number of likely N-dealkylation sites (tertiary alicyclic amines) is 1. The van der Waals surface area contributed by atoms with Gasteiger partial charge in [0.15, 0.2) is 0 Å². The molecule has 2 N–H and O–H groups in total. The Morgan fingerprint density at radius 3 is 2.47 bits per heavy atom. The fourth-order valence-corrected chi connectivity index (χ4v) is 4.79. The second kappa shape index (κ2) is 9.96. The Bertz CT molecular complexity index is 1190. The van der Waals surface area contributed by atoms with Crippen molar-refractivity contribution in [3.05, 3.63) is 68.8 Å². The molecule has 0 atom stereocenters. The van der Waals surface area contributed by atoms with Gasteiger partial charge in [0.2, 0.25) is 0 Å². The molecule has 2 aliphatic heterocycles. The van der Waals surface area contributed by atoms with Crippen molar-refractivity contribution in [3.8, 4) is 0 Å². The van der Waals surface area contributed by atoms with E-state index in [-0.39, 0.29) is 33.4 Å². The number of hydrogen-bond donors (Lipinski definition) is 2. The van der Waals surface area contributed by atoms with Crippen LogP contribution in [-0.4, -0.2) is 55.8 Å². The lowest BCUT2D eigenvalue weighted by molar-refractivity contribution is -0.885. The summed E-state index contributed by atoms with van der Waals surface area (Å²) in [4.78, 5) is 43.1. The van der Waals surface area contributed by atoms with Gasteiger partial charge in [-0.05, 0) is 36.4 Å². The molecule has 4 rings (SSSR count). The molecule has 0 unspecified atom stereocenters. The van der Waals surface area contributed by atoms with Gasteiger partial charge in [0.25, 0.3) is 17.7 Å². The van der Waals surface area contributed by atoms with E-state index in [1.807, 2.05) is 7.05 Å². The summed E-state index contributed by atoms with van der Waals surface area (Å²) in [5.41, 5.74) is 0.978. The van der Waals surface area contributed by atoms with E-state index in [0.29, 0.717) is 16.3 Å². The molecule has 178 valence electrons. The van der Waals surface area contributed by atoms with Crippen molar-refractivity contribution in [2.75, 3.05) is 37.4 Å². The van der Waals surface area contributed by atoms with Crippen LogP contribution < -0.4 is 15.1 Å². The number of carbonyl (C=O) groups is 3. The van der Waals surface area contributed by atoms with Crippen molar-refractivity contribution in [2.45, 2.75) is 18.9 Å². The van der Waals surface area contributed by atoms with Crippen LogP contribution in [0.5, 0.6) is 0 Å². The SMILES string of the molecule is CN(C(=O)c1cccc(NC2=C(Cl)C(=O)N(c3cc(Cl)ccc3Cl)C2=O)c1)C1CC[NH+](C)CC1. The highest BCUT2D eigenvalue weighted by atomic mass is 35.5. The first-order chi connectivity index (χ1) is 16.2. The highest BCUT2D eigenvalue weighted by Crippen LogP contribution is 2.36. The minimum atomic E-state index is -0.713. The summed E-state index contributed by atoms with van der Waals surface area (Å²) in [5, 5.41) is 3.14. The third-order valence-corrected chi connectivity index (χ3v) is 7.14. The number of nitrogens with one attached hydrogen (secondary N) is 2. The summed E-state index contributed by atoms with van der Waals surface area (Å²) in [6.45, 7) is 2.06. The minimum absolute atomic E-state index is 0.0982. The Kier molecular flexibility index (Phi) is 7.19. The smallest absolute Gasteiger partial charge is 0.283 e. The van der Waals surface area contributed by atoms with Crippen molar-refractivity contribution in [2.24, 2.45) is 0 Å². The first kappa shape index (κ1) is 24.5. The van der Waals surface area contributed by atoms with Crippen LogP contribution in [0.15, 0.2) is 53.2 Å². The van der Waals surface area contributed by atoms with Crippen LogP contribution in [0.4, 0.5) is 11.4 Å². The molecular weight excluding hydrogens is 499 g/mol. The number of piperidine rings is 1. The van der Waals surface area contributed by atoms with Crippen LogP contribution in [0.2, 0.25) is 10.0 Å². The molecule has 34 heavy (non-hydrogen) atoms. The third-order valence-electron chi connectivity index (χ3n) is 6.23. The van der Waals surface area contributed by atoms with E-state index in [0.717, 1.165) is 30.8 Å². The molecule has 2 aromatic carbocycles. The molecule has 0 bridgehead atoms. The number of carbonyl (C=O) groups excluding carboxylic acids is 3. The Labute approximate surface area is 212 Å². The molecule has 10 heteroatoms. The monoisotopic (exact) mass is 521 g/mol. The van der Waals surface area contributed by atoms with Crippen LogP contribution >= 0.6 is 34.8 Å². The van der Waals surface area contributed by atoms with Gasteiger partial charge < -0.3 is 15.1 Å². The lowest BCUT2D eigenvalue weighted by Crippen LogP contribution is -3.10. The second-order valence-corrected chi connectivity index (χ2v) is 9.76. The zero-order valence-corrected chi connectivity index (χ0v) is 21.0. The van der Waals surface area contributed by atoms with Gasteiger partial charge in [0, 0.05) is 42.2 Å². The van der Waals surface area contributed by atoms with E-state index >= 15 is 0 Å². The average molecular weight is 523 g/mol. The molecule has 2 heterocycles. The largest absolute Gasteiger partial charge is 0.350 e. The maximum atomic E-state index is 13.1. The predicted molar refractivity (Wildman–Crippen MR) is 134 cm³/mol. The number of hydrogen-bond acceptors (Lipinski definition) is 4. The number of amides is 3. The van der Waals surface area contributed by atoms with Crippen molar-refractivity contribution >= 4 is 63.9 Å². The number of nitrogens with zero attached hydrogens (tertiary/aromatic N) is 2. The van der Waals surface area contributed by atoms with Crippen LogP contribution in [0.25, 0.3) is 0 Å². The number of anilines is 2. The molecule has 2 aliphatic rings. The molecular formula is C24H24Cl3N4O3+. The van der Waals surface area contributed by atoms with E-state index in [1.165, 1.54) is 17.0 Å². The summed E-state index contributed by atoms with van der Waals surface area (Å²) in [6.07, 6.45) is 1.90. The lowest BCUT2D eigenvalue weighted by Gasteiger charge is -2.33. The maximum absolute atomic E-state index is 13.1. The van der Waals surface area contributed by atoms with Gasteiger partial charge in [-0.2, -0.15) is 0 Å². The second-order valence-electron chi connectivity index (χ2n) is 8.54.